The Bertz CT molecular complexity index is 1950. The van der Waals surface area contributed by atoms with Crippen LogP contribution < -0.4 is 4.74 Å². The summed E-state index contributed by atoms with van der Waals surface area (Å²) in [7, 11) is 0. The van der Waals surface area contributed by atoms with Crippen LogP contribution in [0.3, 0.4) is 0 Å². The Balaban J connectivity index is 1.47. The van der Waals surface area contributed by atoms with Gasteiger partial charge in [-0.2, -0.15) is 0 Å². The molecule has 0 saturated carbocycles. The van der Waals surface area contributed by atoms with Gasteiger partial charge in [-0.1, -0.05) is 124 Å². The van der Waals surface area contributed by atoms with Crippen LogP contribution in [0.4, 0.5) is 0 Å². The molecule has 5 rings (SSSR count). The van der Waals surface area contributed by atoms with Gasteiger partial charge in [0.25, 0.3) is 0 Å². The number of hydrogen-bond acceptors (Lipinski definition) is 5. The van der Waals surface area contributed by atoms with E-state index in [1.54, 1.807) is 6.08 Å². The quantitative estimate of drug-likeness (QED) is 0.0957. The van der Waals surface area contributed by atoms with Crippen molar-refractivity contribution < 1.29 is 4.74 Å². The second-order valence-corrected chi connectivity index (χ2v) is 11.7. The van der Waals surface area contributed by atoms with E-state index in [0.717, 1.165) is 69.0 Å². The Hall–Kier alpha value is -5.68. The van der Waals surface area contributed by atoms with Crippen LogP contribution in [0, 0.1) is 12.8 Å². The van der Waals surface area contributed by atoms with Crippen LogP contribution in [0.2, 0.25) is 0 Å². The number of aromatic nitrogens is 4. The van der Waals surface area contributed by atoms with E-state index < -0.39 is 0 Å². The lowest BCUT2D eigenvalue weighted by atomic mass is 9.98. The maximum atomic E-state index is 6.04. The van der Waals surface area contributed by atoms with Crippen molar-refractivity contribution in [2.24, 2.45) is 5.92 Å². The number of benzene rings is 3. The van der Waals surface area contributed by atoms with Crippen molar-refractivity contribution in [1.82, 2.24) is 19.9 Å². The van der Waals surface area contributed by atoms with E-state index in [4.69, 9.17) is 24.7 Å². The Kier molecular flexibility index (Phi) is 11.4. The Morgan fingerprint density at radius 2 is 1.50 bits per heavy atom. The molecule has 0 aliphatic heterocycles. The van der Waals surface area contributed by atoms with E-state index >= 15 is 0 Å². The molecule has 5 heteroatoms. The molecule has 0 spiro atoms. The Morgan fingerprint density at radius 1 is 0.812 bits per heavy atom. The maximum Gasteiger partial charge on any atom is 0.165 e. The molecule has 2 heterocycles. The van der Waals surface area contributed by atoms with Crippen LogP contribution >= 0.6 is 0 Å². The monoisotopic (exact) mass is 630 g/mol. The number of nitrogens with zero attached hydrogens (tertiary/aromatic N) is 4. The first-order valence-electron chi connectivity index (χ1n) is 16.3. The van der Waals surface area contributed by atoms with Crippen molar-refractivity contribution in [3.8, 4) is 50.9 Å². The van der Waals surface area contributed by atoms with E-state index in [2.05, 4.69) is 81.6 Å². The number of hydrogen-bond donors (Lipinski definition) is 0. The topological polar surface area (TPSA) is 60.8 Å². The lowest BCUT2D eigenvalue weighted by molar-refractivity contribution is 0.425. The standard InChI is InChI=1S/C43H42N4O/c1-7-9-16-30(3)31(4)17-13-22-41-45-42(36-25-23-35(24-26-36)34-18-11-10-12-19-34)47-43(46-41)37-27-28-39(44-29-37)38-20-14-21-40(33(38)6)48-32(5)15-8-2/h8-16,18-29,31H,2-3,7,17H2,1,4-6H3/b16-9-,22-13+,32-15+. The lowest BCUT2D eigenvalue weighted by Crippen LogP contribution is -2.01. The van der Waals surface area contributed by atoms with Crippen LogP contribution in [-0.4, -0.2) is 19.9 Å². The van der Waals surface area contributed by atoms with Gasteiger partial charge < -0.3 is 4.74 Å². The minimum absolute atomic E-state index is 0.307. The smallest absolute Gasteiger partial charge is 0.165 e. The first-order chi connectivity index (χ1) is 23.4. The minimum atomic E-state index is 0.307. The third kappa shape index (κ3) is 8.56. The first kappa shape index (κ1) is 33.7. The first-order valence-corrected chi connectivity index (χ1v) is 16.3. The molecule has 1 unspecified atom stereocenters. The van der Waals surface area contributed by atoms with Crippen molar-refractivity contribution in [1.29, 1.82) is 0 Å². The average Bonchev–Trinajstić information content (AvgIpc) is 3.12. The van der Waals surface area contributed by atoms with Crippen molar-refractivity contribution >= 4 is 6.08 Å². The van der Waals surface area contributed by atoms with Gasteiger partial charge in [0.1, 0.15) is 11.5 Å². The molecular formula is C43H42N4O. The molecule has 0 aliphatic rings. The number of pyridine rings is 1. The molecule has 48 heavy (non-hydrogen) atoms. The molecule has 240 valence electrons. The van der Waals surface area contributed by atoms with Gasteiger partial charge in [-0.15, -0.1) is 0 Å². The molecule has 5 aromatic rings. The molecule has 1 atom stereocenters. The van der Waals surface area contributed by atoms with Gasteiger partial charge in [0.05, 0.1) is 5.69 Å². The number of allylic oxidation sites excluding steroid dienone is 7. The Morgan fingerprint density at radius 3 is 2.19 bits per heavy atom. The number of rotatable bonds is 13. The summed E-state index contributed by atoms with van der Waals surface area (Å²) < 4.78 is 6.04. The third-order valence-electron chi connectivity index (χ3n) is 8.07. The van der Waals surface area contributed by atoms with Crippen LogP contribution in [0.5, 0.6) is 5.75 Å². The zero-order valence-corrected chi connectivity index (χ0v) is 28.2. The zero-order valence-electron chi connectivity index (χ0n) is 28.2. The normalized spacial score (nSPS) is 12.4. The van der Waals surface area contributed by atoms with Gasteiger partial charge in [0.15, 0.2) is 17.5 Å². The highest BCUT2D eigenvalue weighted by atomic mass is 16.5. The van der Waals surface area contributed by atoms with Crippen LogP contribution in [0.15, 0.2) is 146 Å². The Labute approximate surface area is 284 Å². The fraction of sp³-hybridized carbons (Fsp3) is 0.163. The highest BCUT2D eigenvalue weighted by Gasteiger charge is 2.13. The summed E-state index contributed by atoms with van der Waals surface area (Å²) in [5.41, 5.74) is 7.96. The summed E-state index contributed by atoms with van der Waals surface area (Å²) in [5, 5.41) is 0. The van der Waals surface area contributed by atoms with Gasteiger partial charge in [-0.25, -0.2) is 15.0 Å². The lowest BCUT2D eigenvalue weighted by Gasteiger charge is -2.13. The fourth-order valence-corrected chi connectivity index (χ4v) is 5.19. The minimum Gasteiger partial charge on any atom is -0.462 e. The second-order valence-electron chi connectivity index (χ2n) is 11.7. The van der Waals surface area contributed by atoms with Crippen molar-refractivity contribution in [2.75, 3.05) is 0 Å². The number of ether oxygens (including phenoxy) is 1. The van der Waals surface area contributed by atoms with Crippen LogP contribution in [0.1, 0.15) is 45.0 Å². The summed E-state index contributed by atoms with van der Waals surface area (Å²) in [5.74, 6) is 3.62. The fourth-order valence-electron chi connectivity index (χ4n) is 5.19. The van der Waals surface area contributed by atoms with Crippen molar-refractivity contribution in [3.05, 3.63) is 157 Å². The summed E-state index contributed by atoms with van der Waals surface area (Å²) in [6.45, 7) is 16.2. The van der Waals surface area contributed by atoms with Crippen LogP contribution in [-0.2, 0) is 0 Å². The van der Waals surface area contributed by atoms with E-state index in [9.17, 15) is 0 Å². The van der Waals surface area contributed by atoms with Gasteiger partial charge >= 0.3 is 0 Å². The molecule has 2 aromatic heterocycles. The van der Waals surface area contributed by atoms with Crippen LogP contribution in [0.25, 0.3) is 51.2 Å². The molecule has 0 N–H and O–H groups in total. The predicted molar refractivity (Wildman–Crippen MR) is 200 cm³/mol. The summed E-state index contributed by atoms with van der Waals surface area (Å²) in [4.78, 5) is 19.4. The van der Waals surface area contributed by atoms with E-state index in [-0.39, 0.29) is 0 Å². The van der Waals surface area contributed by atoms with Gasteiger partial charge in [0, 0.05) is 28.5 Å². The highest BCUT2D eigenvalue weighted by molar-refractivity contribution is 5.71. The van der Waals surface area contributed by atoms with Crippen molar-refractivity contribution in [2.45, 2.75) is 40.5 Å². The SMILES string of the molecule is C=C/C=C(\C)Oc1cccc(-c2ccc(-c3nc(/C=C/CC(C)C(=C)/C=C\CC)nc(-c4ccc(-c5ccccc5)cc4)n3)cn2)c1C. The van der Waals surface area contributed by atoms with Gasteiger partial charge in [0.2, 0.25) is 0 Å². The van der Waals surface area contributed by atoms with Gasteiger partial charge in [-0.3, -0.25) is 4.98 Å². The third-order valence-corrected chi connectivity index (χ3v) is 8.07. The van der Waals surface area contributed by atoms with Gasteiger partial charge in [-0.05, 0) is 74.1 Å². The van der Waals surface area contributed by atoms with E-state index in [0.29, 0.717) is 23.4 Å². The molecule has 0 fully saturated rings. The average molecular weight is 631 g/mol. The summed E-state index contributed by atoms with van der Waals surface area (Å²) >= 11 is 0. The highest BCUT2D eigenvalue weighted by Crippen LogP contribution is 2.31. The molecule has 0 aliphatic carbocycles. The molecule has 0 saturated heterocycles. The maximum absolute atomic E-state index is 6.04. The summed E-state index contributed by atoms with van der Waals surface area (Å²) in [6.07, 6.45) is 15.5. The molecule has 3 aromatic carbocycles. The second kappa shape index (κ2) is 16.2. The van der Waals surface area contributed by atoms with E-state index in [1.807, 2.05) is 80.7 Å². The molecule has 0 amide bonds. The summed E-state index contributed by atoms with van der Waals surface area (Å²) in [6, 6.07) is 28.6. The molecule has 5 nitrogen and oxygen atoms in total. The van der Waals surface area contributed by atoms with Crippen molar-refractivity contribution in [3.63, 3.8) is 0 Å². The molecule has 0 radical (unpaired) electrons. The molecular weight excluding hydrogens is 589 g/mol. The zero-order chi connectivity index (χ0) is 33.9. The van der Waals surface area contributed by atoms with E-state index in [1.165, 1.54) is 0 Å². The molecule has 0 bridgehead atoms. The predicted octanol–water partition coefficient (Wildman–Crippen LogP) is 11.3. The largest absolute Gasteiger partial charge is 0.462 e.